The van der Waals surface area contributed by atoms with Crippen LogP contribution in [0.5, 0.6) is 0 Å². The third-order valence-electron chi connectivity index (χ3n) is 5.81. The Kier molecular flexibility index (Phi) is 8.08. The summed E-state index contributed by atoms with van der Waals surface area (Å²) in [6.07, 6.45) is 6.93. The Morgan fingerprint density at radius 3 is 2.83 bits per heavy atom. The van der Waals surface area contributed by atoms with Crippen molar-refractivity contribution < 1.29 is 4.79 Å². The molecule has 0 spiro atoms. The quantitative estimate of drug-likeness (QED) is 0.469. The zero-order chi connectivity index (χ0) is 24.5. The maximum Gasteiger partial charge on any atom is 0.229 e. The molecule has 2 N–H and O–H groups in total. The van der Waals surface area contributed by atoms with Crippen LogP contribution in [0.3, 0.4) is 0 Å². The van der Waals surface area contributed by atoms with Gasteiger partial charge in [-0.05, 0) is 36.6 Å². The molecule has 1 amide bonds. The summed E-state index contributed by atoms with van der Waals surface area (Å²) in [5, 5.41) is 15.6. The molecule has 35 heavy (non-hydrogen) atoms. The number of nitriles is 1. The Hall–Kier alpha value is -4.18. The first-order valence-electron chi connectivity index (χ1n) is 12.0. The predicted octanol–water partition coefficient (Wildman–Crippen LogP) is 4.84. The van der Waals surface area contributed by atoms with Gasteiger partial charge in [0.25, 0.3) is 0 Å². The van der Waals surface area contributed by atoms with Crippen LogP contribution in [-0.4, -0.2) is 35.0 Å². The monoisotopic (exact) mass is 466 g/mol. The van der Waals surface area contributed by atoms with Gasteiger partial charge >= 0.3 is 0 Å². The van der Waals surface area contributed by atoms with Crippen LogP contribution in [-0.2, 0) is 11.2 Å². The number of nitrogens with zero attached hydrogens (tertiary/aromatic N) is 4. The number of aromatic nitrogens is 2. The molecule has 1 atom stereocenters. The van der Waals surface area contributed by atoms with E-state index in [1.807, 2.05) is 60.7 Å². The maximum absolute atomic E-state index is 12.4. The van der Waals surface area contributed by atoms with Crippen molar-refractivity contribution in [1.29, 1.82) is 5.26 Å². The highest BCUT2D eigenvalue weighted by atomic mass is 16.1. The van der Waals surface area contributed by atoms with E-state index in [9.17, 15) is 4.79 Å². The fourth-order valence-corrected chi connectivity index (χ4v) is 4.12. The summed E-state index contributed by atoms with van der Waals surface area (Å²) >= 11 is 0. The zero-order valence-corrected chi connectivity index (χ0v) is 19.9. The van der Waals surface area contributed by atoms with Crippen molar-refractivity contribution in [3.63, 3.8) is 0 Å². The Bertz CT molecular complexity index is 1220. The normalized spacial score (nSPS) is 15.2. The van der Waals surface area contributed by atoms with Crippen LogP contribution in [0.1, 0.15) is 43.0 Å². The average molecular weight is 467 g/mol. The van der Waals surface area contributed by atoms with Crippen molar-refractivity contribution in [3.05, 3.63) is 83.6 Å². The molecule has 3 aromatic rings. The van der Waals surface area contributed by atoms with Crippen molar-refractivity contribution in [2.24, 2.45) is 0 Å². The molecule has 1 aromatic heterocycles. The van der Waals surface area contributed by atoms with Gasteiger partial charge in [0.1, 0.15) is 5.82 Å². The van der Waals surface area contributed by atoms with Gasteiger partial charge in [-0.2, -0.15) is 10.2 Å². The van der Waals surface area contributed by atoms with E-state index in [0.717, 1.165) is 48.6 Å². The van der Waals surface area contributed by atoms with Crippen LogP contribution < -0.4 is 15.5 Å². The van der Waals surface area contributed by atoms with Gasteiger partial charge in [-0.3, -0.25) is 4.79 Å². The second-order valence-electron chi connectivity index (χ2n) is 8.63. The van der Waals surface area contributed by atoms with Gasteiger partial charge in [0.05, 0.1) is 11.6 Å². The Morgan fingerprint density at radius 1 is 1.17 bits per heavy atom. The van der Waals surface area contributed by atoms with Gasteiger partial charge in [-0.15, -0.1) is 0 Å². The van der Waals surface area contributed by atoms with E-state index in [1.54, 1.807) is 12.1 Å². The molecule has 178 valence electrons. The van der Waals surface area contributed by atoms with E-state index in [2.05, 4.69) is 33.5 Å². The molecule has 4 rings (SSSR count). The molecule has 0 bridgehead atoms. The molecule has 7 nitrogen and oxygen atoms in total. The first-order valence-corrected chi connectivity index (χ1v) is 12.0. The van der Waals surface area contributed by atoms with Gasteiger partial charge in [0.15, 0.2) is 0 Å². The van der Waals surface area contributed by atoms with Crippen LogP contribution in [0.15, 0.2) is 66.7 Å². The summed E-state index contributed by atoms with van der Waals surface area (Å²) < 4.78 is 0. The number of anilines is 3. The van der Waals surface area contributed by atoms with E-state index in [1.165, 1.54) is 0 Å². The van der Waals surface area contributed by atoms with Crippen LogP contribution in [0.4, 0.5) is 17.5 Å². The van der Waals surface area contributed by atoms with E-state index >= 15 is 0 Å². The molecule has 1 fully saturated rings. The number of aryl methyl sites for hydroxylation is 1. The lowest BCUT2D eigenvalue weighted by Crippen LogP contribution is -2.36. The van der Waals surface area contributed by atoms with Crippen LogP contribution in [0.25, 0.3) is 6.08 Å². The topological polar surface area (TPSA) is 93.9 Å². The summed E-state index contributed by atoms with van der Waals surface area (Å²) in [7, 11) is 0. The minimum absolute atomic E-state index is 0.0260. The molecule has 2 aromatic carbocycles. The van der Waals surface area contributed by atoms with Crippen molar-refractivity contribution in [2.45, 2.75) is 38.6 Å². The maximum atomic E-state index is 12.4. The number of benzene rings is 2. The SMILES string of the molecule is CCCc1cc(N2CC[C@H](NC(=O)C/C=C/c3ccccc3)C2)nc(Nc2cccc(C#N)c2)n1. The van der Waals surface area contributed by atoms with Crippen molar-refractivity contribution in [3.8, 4) is 6.07 Å². The minimum Gasteiger partial charge on any atom is -0.354 e. The zero-order valence-electron chi connectivity index (χ0n) is 19.9. The number of carbonyl (C=O) groups is 1. The summed E-state index contributed by atoms with van der Waals surface area (Å²) in [6, 6.07) is 21.5. The number of amides is 1. The second kappa shape index (κ2) is 11.8. The highest BCUT2D eigenvalue weighted by Crippen LogP contribution is 2.23. The predicted molar refractivity (Wildman–Crippen MR) is 139 cm³/mol. The lowest BCUT2D eigenvalue weighted by molar-refractivity contribution is -0.120. The van der Waals surface area contributed by atoms with E-state index in [-0.39, 0.29) is 11.9 Å². The van der Waals surface area contributed by atoms with Gasteiger partial charge in [0, 0.05) is 43.0 Å². The molecule has 7 heteroatoms. The van der Waals surface area contributed by atoms with E-state index in [4.69, 9.17) is 10.2 Å². The largest absolute Gasteiger partial charge is 0.354 e. The smallest absolute Gasteiger partial charge is 0.229 e. The Morgan fingerprint density at radius 2 is 2.03 bits per heavy atom. The highest BCUT2D eigenvalue weighted by Gasteiger charge is 2.25. The summed E-state index contributed by atoms with van der Waals surface area (Å²) in [5.74, 6) is 1.39. The molecule has 0 aliphatic carbocycles. The van der Waals surface area contributed by atoms with Crippen LogP contribution in [0, 0.1) is 11.3 Å². The number of rotatable bonds is 9. The van der Waals surface area contributed by atoms with Crippen molar-refractivity contribution >= 4 is 29.4 Å². The van der Waals surface area contributed by atoms with Crippen LogP contribution >= 0.6 is 0 Å². The molecular weight excluding hydrogens is 436 g/mol. The molecule has 1 aliphatic heterocycles. The minimum atomic E-state index is 0.0260. The van der Waals surface area contributed by atoms with Crippen molar-refractivity contribution in [1.82, 2.24) is 15.3 Å². The lowest BCUT2D eigenvalue weighted by atomic mass is 10.2. The first-order chi connectivity index (χ1) is 17.1. The van der Waals surface area contributed by atoms with E-state index in [0.29, 0.717) is 24.5 Å². The number of hydrogen-bond acceptors (Lipinski definition) is 6. The van der Waals surface area contributed by atoms with E-state index < -0.39 is 0 Å². The number of nitrogens with one attached hydrogen (secondary N) is 2. The fourth-order valence-electron chi connectivity index (χ4n) is 4.12. The summed E-state index contributed by atoms with van der Waals surface area (Å²) in [4.78, 5) is 24.0. The standard InChI is InChI=1S/C28H30N6O/c1-2-8-23-18-26(33-28(31-23)32-24-13-6-12-22(17-24)19-29)34-16-15-25(20-34)30-27(35)14-7-11-21-9-4-3-5-10-21/h3-7,9-13,17-18,25H,2,8,14-16,20H2,1H3,(H,30,35)(H,31,32,33)/b11-7+/t25-/m0/s1. The van der Waals surface area contributed by atoms with Crippen molar-refractivity contribution in [2.75, 3.05) is 23.3 Å². The fraction of sp³-hybridized carbons (Fsp3) is 0.286. The summed E-state index contributed by atoms with van der Waals surface area (Å²) in [6.45, 7) is 3.65. The number of hydrogen-bond donors (Lipinski definition) is 2. The lowest BCUT2D eigenvalue weighted by Gasteiger charge is -2.20. The second-order valence-corrected chi connectivity index (χ2v) is 8.63. The highest BCUT2D eigenvalue weighted by molar-refractivity contribution is 5.79. The summed E-state index contributed by atoms with van der Waals surface area (Å²) in [5.41, 5.74) is 3.41. The van der Waals surface area contributed by atoms with Crippen LogP contribution in [0.2, 0.25) is 0 Å². The third kappa shape index (κ3) is 6.90. The molecule has 0 saturated carbocycles. The Balaban J connectivity index is 1.38. The third-order valence-corrected chi connectivity index (χ3v) is 5.81. The molecule has 0 unspecified atom stereocenters. The van der Waals surface area contributed by atoms with Gasteiger partial charge in [0.2, 0.25) is 11.9 Å². The average Bonchev–Trinajstić information content (AvgIpc) is 3.33. The first kappa shape index (κ1) is 24.0. The number of carbonyl (C=O) groups excluding carboxylic acids is 1. The molecule has 1 saturated heterocycles. The molecule has 1 aliphatic rings. The Labute approximate surface area is 206 Å². The van der Waals surface area contributed by atoms with Gasteiger partial charge < -0.3 is 15.5 Å². The molecule has 0 radical (unpaired) electrons. The van der Waals surface area contributed by atoms with Gasteiger partial charge in [-0.1, -0.05) is 61.9 Å². The molecular formula is C28H30N6O. The molecule has 2 heterocycles. The van der Waals surface area contributed by atoms with Gasteiger partial charge in [-0.25, -0.2) is 4.98 Å².